The molecular formula is C27H42N2O10Si. The number of benzene rings is 1. The number of anilines is 1. The minimum Gasteiger partial charge on any atom is -0.468 e. The zero-order valence-electron chi connectivity index (χ0n) is 24.0. The maximum Gasteiger partial charge on any atom is 0.414 e. The average molecular weight is 583 g/mol. The number of methoxy groups -OCH3 is 1. The van der Waals surface area contributed by atoms with Crippen LogP contribution in [0.2, 0.25) is 25.7 Å². The molecular weight excluding hydrogens is 540 g/mol. The Morgan fingerprint density at radius 3 is 2.52 bits per heavy atom. The minimum absolute atomic E-state index is 0.0503. The van der Waals surface area contributed by atoms with Crippen molar-refractivity contribution in [2.75, 3.05) is 51.8 Å². The fourth-order valence-electron chi connectivity index (χ4n) is 3.96. The molecule has 1 aliphatic heterocycles. The van der Waals surface area contributed by atoms with Crippen LogP contribution >= 0.6 is 0 Å². The first kappa shape index (κ1) is 33.1. The lowest BCUT2D eigenvalue weighted by Gasteiger charge is -2.43. The maximum absolute atomic E-state index is 13.4. The number of rotatable bonds is 15. The molecule has 2 rings (SSSR count). The first-order valence-electron chi connectivity index (χ1n) is 13.2. The van der Waals surface area contributed by atoms with E-state index in [1.807, 2.05) is 0 Å². The fourth-order valence-corrected chi connectivity index (χ4v) is 4.67. The first-order valence-corrected chi connectivity index (χ1v) is 16.9. The standard InChI is InChI=1S/C27H42N2O10Si/c1-7-11-37-26(32)28-24-20-16-19(39-18-35-13-12-34-3)9-10-21(20)29(27(33)38-14-15-40(4,5)6)22(25(24)31)17-23(30)36-8-2/h7,9-10,16,22,24-25,31H,1,8,11-15,17-18H2,2-6H3,(H,28,32)/t22-,24-,25-/m0/s1. The molecule has 0 spiro atoms. The molecule has 2 amide bonds. The largest absolute Gasteiger partial charge is 0.468 e. The summed E-state index contributed by atoms with van der Waals surface area (Å²) in [5, 5.41) is 14.1. The molecule has 1 heterocycles. The molecule has 0 saturated heterocycles. The van der Waals surface area contributed by atoms with Gasteiger partial charge in [-0.1, -0.05) is 32.3 Å². The van der Waals surface area contributed by atoms with Crippen LogP contribution in [0.4, 0.5) is 15.3 Å². The van der Waals surface area contributed by atoms with Gasteiger partial charge < -0.3 is 38.8 Å². The summed E-state index contributed by atoms with van der Waals surface area (Å²) in [4.78, 5) is 39.7. The van der Waals surface area contributed by atoms with Gasteiger partial charge in [0, 0.05) is 20.7 Å². The molecule has 2 N–H and O–H groups in total. The van der Waals surface area contributed by atoms with Gasteiger partial charge in [0.05, 0.1) is 50.6 Å². The third kappa shape index (κ3) is 10.1. The van der Waals surface area contributed by atoms with Gasteiger partial charge in [0.15, 0.2) is 6.79 Å². The van der Waals surface area contributed by atoms with Gasteiger partial charge >= 0.3 is 18.2 Å². The highest BCUT2D eigenvalue weighted by atomic mass is 28.3. The van der Waals surface area contributed by atoms with Gasteiger partial charge in [-0.3, -0.25) is 9.69 Å². The highest BCUT2D eigenvalue weighted by Gasteiger charge is 2.46. The number of carbonyl (C=O) groups excluding carboxylic acids is 3. The third-order valence-corrected chi connectivity index (χ3v) is 7.67. The molecule has 1 aromatic rings. The van der Waals surface area contributed by atoms with Crippen molar-refractivity contribution in [2.24, 2.45) is 0 Å². The summed E-state index contributed by atoms with van der Waals surface area (Å²) in [5.41, 5.74) is 0.693. The second-order valence-corrected chi connectivity index (χ2v) is 15.9. The Balaban J connectivity index is 2.47. The summed E-state index contributed by atoms with van der Waals surface area (Å²) in [6.07, 6.45) is -1.89. The topological polar surface area (TPSA) is 142 Å². The molecule has 0 unspecified atom stereocenters. The number of hydrogen-bond donors (Lipinski definition) is 2. The summed E-state index contributed by atoms with van der Waals surface area (Å²) >= 11 is 0. The van der Waals surface area contributed by atoms with Gasteiger partial charge in [-0.25, -0.2) is 9.59 Å². The van der Waals surface area contributed by atoms with Crippen molar-refractivity contribution in [3.63, 3.8) is 0 Å². The maximum atomic E-state index is 13.4. The van der Waals surface area contributed by atoms with E-state index in [-0.39, 0.29) is 33.0 Å². The molecule has 0 saturated carbocycles. The van der Waals surface area contributed by atoms with Crippen molar-refractivity contribution in [3.05, 3.63) is 36.4 Å². The zero-order chi connectivity index (χ0) is 29.7. The molecule has 12 nitrogen and oxygen atoms in total. The van der Waals surface area contributed by atoms with Crippen LogP contribution in [-0.4, -0.2) is 90.4 Å². The molecule has 0 aliphatic carbocycles. The van der Waals surface area contributed by atoms with E-state index in [1.165, 1.54) is 11.0 Å². The molecule has 40 heavy (non-hydrogen) atoms. The van der Waals surface area contributed by atoms with Gasteiger partial charge in [0.1, 0.15) is 18.5 Å². The number of aliphatic hydroxyl groups is 1. The van der Waals surface area contributed by atoms with Gasteiger partial charge in [0.2, 0.25) is 0 Å². The SMILES string of the molecule is C=CCOC(=O)N[C@H]1c2cc(OCOCCOC)ccc2N(C(=O)OCC[Si](C)(C)C)[C@@H](CC(=O)OCC)[C@@H]1O. The molecule has 1 aromatic carbocycles. The van der Waals surface area contributed by atoms with E-state index < -0.39 is 44.4 Å². The number of amides is 2. The van der Waals surface area contributed by atoms with Gasteiger partial charge in [-0.2, -0.15) is 0 Å². The highest BCUT2D eigenvalue weighted by molar-refractivity contribution is 6.76. The number of aliphatic hydroxyl groups excluding tert-OH is 1. The second kappa shape index (κ2) is 16.2. The zero-order valence-corrected chi connectivity index (χ0v) is 25.0. The molecule has 0 fully saturated rings. The Morgan fingerprint density at radius 2 is 1.88 bits per heavy atom. The van der Waals surface area contributed by atoms with Crippen molar-refractivity contribution in [1.29, 1.82) is 0 Å². The predicted octanol–water partition coefficient (Wildman–Crippen LogP) is 3.62. The Morgan fingerprint density at radius 1 is 1.12 bits per heavy atom. The molecule has 1 aliphatic rings. The number of ether oxygens (including phenoxy) is 6. The van der Waals surface area contributed by atoms with Gasteiger partial charge in [-0.15, -0.1) is 0 Å². The van der Waals surface area contributed by atoms with Crippen molar-refractivity contribution in [2.45, 2.75) is 57.2 Å². The van der Waals surface area contributed by atoms with Crippen molar-refractivity contribution in [3.8, 4) is 5.75 Å². The van der Waals surface area contributed by atoms with Crippen LogP contribution < -0.4 is 15.0 Å². The Bertz CT molecular complexity index is 1000. The lowest BCUT2D eigenvalue weighted by atomic mass is 9.87. The van der Waals surface area contributed by atoms with E-state index in [4.69, 9.17) is 28.4 Å². The van der Waals surface area contributed by atoms with Crippen LogP contribution in [0.3, 0.4) is 0 Å². The Labute approximate surface area is 236 Å². The molecule has 224 valence electrons. The van der Waals surface area contributed by atoms with Crippen LogP contribution in [-0.2, 0) is 28.5 Å². The Hall–Kier alpha value is -3.13. The molecule has 0 radical (unpaired) electrons. The van der Waals surface area contributed by atoms with Crippen molar-refractivity contribution < 1.29 is 47.9 Å². The van der Waals surface area contributed by atoms with E-state index in [0.717, 1.165) is 6.04 Å². The lowest BCUT2D eigenvalue weighted by molar-refractivity contribution is -0.144. The van der Waals surface area contributed by atoms with Crippen molar-refractivity contribution >= 4 is 31.9 Å². The highest BCUT2D eigenvalue weighted by Crippen LogP contribution is 2.41. The van der Waals surface area contributed by atoms with E-state index in [1.54, 1.807) is 32.2 Å². The smallest absolute Gasteiger partial charge is 0.414 e. The number of carbonyl (C=O) groups is 3. The quantitative estimate of drug-likeness (QED) is 0.0786. The minimum atomic E-state index is -1.51. The van der Waals surface area contributed by atoms with E-state index in [9.17, 15) is 19.5 Å². The first-order chi connectivity index (χ1) is 19.0. The second-order valence-electron chi connectivity index (χ2n) is 10.3. The number of alkyl carbamates (subject to hydrolysis) is 1. The molecule has 0 bridgehead atoms. The lowest BCUT2D eigenvalue weighted by Crippen LogP contribution is -2.57. The number of fused-ring (bicyclic) bond motifs is 1. The normalized spacial score (nSPS) is 18.4. The van der Waals surface area contributed by atoms with E-state index in [0.29, 0.717) is 30.2 Å². The van der Waals surface area contributed by atoms with Crippen LogP contribution in [0.25, 0.3) is 0 Å². The summed E-state index contributed by atoms with van der Waals surface area (Å²) in [5.74, 6) is -0.249. The summed E-state index contributed by atoms with van der Waals surface area (Å²) in [6, 6.07) is 3.38. The number of nitrogens with zero attached hydrogens (tertiary/aromatic N) is 1. The van der Waals surface area contributed by atoms with Crippen LogP contribution in [0.15, 0.2) is 30.9 Å². The van der Waals surface area contributed by atoms with Gasteiger partial charge in [0.25, 0.3) is 0 Å². The summed E-state index contributed by atoms with van der Waals surface area (Å²) in [7, 11) is 0.0527. The monoisotopic (exact) mass is 582 g/mol. The van der Waals surface area contributed by atoms with Crippen LogP contribution in [0.5, 0.6) is 5.75 Å². The molecule has 13 heteroatoms. The third-order valence-electron chi connectivity index (χ3n) is 5.96. The van der Waals surface area contributed by atoms with Crippen LogP contribution in [0, 0.1) is 0 Å². The Kier molecular flexibility index (Phi) is 13.4. The van der Waals surface area contributed by atoms with Crippen molar-refractivity contribution in [1.82, 2.24) is 5.32 Å². The summed E-state index contributed by atoms with van der Waals surface area (Å²) in [6.45, 7) is 12.6. The molecule has 3 atom stereocenters. The number of hydrogen-bond acceptors (Lipinski definition) is 10. The number of nitrogens with one attached hydrogen (secondary N) is 1. The van der Waals surface area contributed by atoms with E-state index in [2.05, 4.69) is 31.5 Å². The predicted molar refractivity (Wildman–Crippen MR) is 150 cm³/mol. The fraction of sp³-hybridized carbons (Fsp3) is 0.593. The van der Waals surface area contributed by atoms with E-state index >= 15 is 0 Å². The number of esters is 1. The van der Waals surface area contributed by atoms with Crippen LogP contribution in [0.1, 0.15) is 24.9 Å². The average Bonchev–Trinajstić information content (AvgIpc) is 2.89. The van der Waals surface area contributed by atoms with Gasteiger partial charge in [-0.05, 0) is 31.2 Å². The summed E-state index contributed by atoms with van der Waals surface area (Å²) < 4.78 is 31.8. The molecule has 0 aromatic heterocycles.